The minimum Gasteiger partial charge on any atom is -0.361 e. The fourth-order valence-corrected chi connectivity index (χ4v) is 3.67. The Morgan fingerprint density at radius 1 is 1.24 bits per heavy atom. The first-order valence-electron chi connectivity index (χ1n) is 8.97. The van der Waals surface area contributed by atoms with E-state index in [1.807, 2.05) is 18.2 Å². The second kappa shape index (κ2) is 6.38. The fraction of sp³-hybridized carbons (Fsp3) is 0.318. The number of benzene rings is 2. The van der Waals surface area contributed by atoms with Crippen LogP contribution in [0.3, 0.4) is 0 Å². The number of hydrogen-bond donors (Lipinski definition) is 2. The molecule has 3 aromatic rings. The summed E-state index contributed by atoms with van der Waals surface area (Å²) in [6.07, 6.45) is 3.34. The monoisotopic (exact) mass is 329 g/mol. The van der Waals surface area contributed by atoms with E-state index in [0.717, 1.165) is 17.6 Å². The topological polar surface area (TPSA) is 51.6 Å². The molecule has 1 aliphatic rings. The van der Waals surface area contributed by atoms with Gasteiger partial charge in [-0.3, -0.25) is 0 Å². The van der Waals surface area contributed by atoms with E-state index in [9.17, 15) is 0 Å². The van der Waals surface area contributed by atoms with Crippen molar-refractivity contribution in [3.05, 3.63) is 70.9 Å². The van der Waals surface area contributed by atoms with Crippen LogP contribution in [0.2, 0.25) is 0 Å². The molecule has 1 fully saturated rings. The van der Waals surface area contributed by atoms with Gasteiger partial charge in [-0.05, 0) is 68.0 Å². The van der Waals surface area contributed by atoms with Crippen molar-refractivity contribution in [1.29, 1.82) is 5.26 Å². The summed E-state index contributed by atoms with van der Waals surface area (Å²) in [5, 5.41) is 14.0. The number of nitriles is 1. The predicted molar refractivity (Wildman–Crippen MR) is 101 cm³/mol. The molecule has 0 amide bonds. The fourth-order valence-electron chi connectivity index (χ4n) is 3.67. The number of aryl methyl sites for hydroxylation is 1. The van der Waals surface area contributed by atoms with Gasteiger partial charge in [0.05, 0.1) is 11.6 Å². The molecule has 1 aliphatic carbocycles. The van der Waals surface area contributed by atoms with Gasteiger partial charge in [0.2, 0.25) is 0 Å². The van der Waals surface area contributed by atoms with Crippen molar-refractivity contribution in [2.45, 2.75) is 32.2 Å². The Hall–Kier alpha value is -2.57. The molecule has 126 valence electrons. The standard InChI is InChI=1S/C22H23N3/c1-14-3-6-17(7-4-14)15(2)24-12-18-10-19(18)21-13-25-22-8-5-16(11-23)9-20(21)22/h3-9,13,15,18-19,24-25H,10,12H2,1-2H3. The number of H-pyrrole nitrogens is 1. The molecule has 3 heteroatoms. The quantitative estimate of drug-likeness (QED) is 0.706. The average molecular weight is 329 g/mol. The van der Waals surface area contributed by atoms with Gasteiger partial charge in [-0.15, -0.1) is 0 Å². The number of aromatic nitrogens is 1. The van der Waals surface area contributed by atoms with Gasteiger partial charge in [-0.2, -0.15) is 5.26 Å². The van der Waals surface area contributed by atoms with Crippen LogP contribution in [0, 0.1) is 24.2 Å². The first kappa shape index (κ1) is 15.9. The van der Waals surface area contributed by atoms with Gasteiger partial charge in [0.15, 0.2) is 0 Å². The lowest BCUT2D eigenvalue weighted by Crippen LogP contribution is -2.21. The lowest BCUT2D eigenvalue weighted by molar-refractivity contribution is 0.543. The van der Waals surface area contributed by atoms with Crippen LogP contribution in [0.15, 0.2) is 48.7 Å². The second-order valence-electron chi connectivity index (χ2n) is 7.26. The van der Waals surface area contributed by atoms with Crippen LogP contribution >= 0.6 is 0 Å². The number of nitrogens with one attached hydrogen (secondary N) is 2. The molecule has 3 unspecified atom stereocenters. The molecule has 2 N–H and O–H groups in total. The molecule has 2 aromatic carbocycles. The van der Waals surface area contributed by atoms with Crippen molar-refractivity contribution in [1.82, 2.24) is 10.3 Å². The molecule has 0 aliphatic heterocycles. The minimum atomic E-state index is 0.370. The summed E-state index contributed by atoms with van der Waals surface area (Å²) >= 11 is 0. The summed E-state index contributed by atoms with van der Waals surface area (Å²) in [4.78, 5) is 3.35. The largest absolute Gasteiger partial charge is 0.361 e. The first-order valence-corrected chi connectivity index (χ1v) is 8.97. The lowest BCUT2D eigenvalue weighted by atomic mass is 10.0. The highest BCUT2D eigenvalue weighted by atomic mass is 14.9. The SMILES string of the molecule is Cc1ccc(C(C)NCC2CC2c2c[nH]c3ccc(C#N)cc23)cc1. The number of hydrogen-bond acceptors (Lipinski definition) is 2. The van der Waals surface area contributed by atoms with Crippen LogP contribution in [0.25, 0.3) is 10.9 Å². The molecule has 1 heterocycles. The van der Waals surface area contributed by atoms with E-state index in [2.05, 4.69) is 60.7 Å². The molecule has 0 bridgehead atoms. The highest BCUT2D eigenvalue weighted by Gasteiger charge is 2.39. The molecule has 3 nitrogen and oxygen atoms in total. The summed E-state index contributed by atoms with van der Waals surface area (Å²) < 4.78 is 0. The Morgan fingerprint density at radius 3 is 2.80 bits per heavy atom. The van der Waals surface area contributed by atoms with Crippen molar-refractivity contribution in [2.24, 2.45) is 5.92 Å². The van der Waals surface area contributed by atoms with E-state index < -0.39 is 0 Å². The molecule has 4 rings (SSSR count). The predicted octanol–water partition coefficient (Wildman–Crippen LogP) is 4.80. The maximum atomic E-state index is 9.13. The Labute approximate surface area is 148 Å². The van der Waals surface area contributed by atoms with Crippen LogP contribution in [-0.2, 0) is 0 Å². The van der Waals surface area contributed by atoms with Gasteiger partial charge < -0.3 is 10.3 Å². The Balaban J connectivity index is 1.41. The molecule has 3 atom stereocenters. The van der Waals surface area contributed by atoms with E-state index in [4.69, 9.17) is 5.26 Å². The van der Waals surface area contributed by atoms with Gasteiger partial charge in [-0.25, -0.2) is 0 Å². The molecule has 0 saturated heterocycles. The van der Waals surface area contributed by atoms with Crippen LogP contribution in [0.1, 0.15) is 47.6 Å². The first-order chi connectivity index (χ1) is 12.2. The zero-order valence-electron chi connectivity index (χ0n) is 14.7. The molecule has 0 spiro atoms. The number of rotatable bonds is 5. The molecule has 1 aromatic heterocycles. The molecule has 0 radical (unpaired) electrons. The van der Waals surface area contributed by atoms with Gasteiger partial charge >= 0.3 is 0 Å². The van der Waals surface area contributed by atoms with Crippen LogP contribution in [0.5, 0.6) is 0 Å². The lowest BCUT2D eigenvalue weighted by Gasteiger charge is -2.14. The Bertz CT molecular complexity index is 930. The summed E-state index contributed by atoms with van der Waals surface area (Å²) in [5.74, 6) is 1.28. The normalized spacial score (nSPS) is 20.4. The van der Waals surface area contributed by atoms with Gasteiger partial charge in [0, 0.05) is 23.1 Å². The zero-order valence-corrected chi connectivity index (χ0v) is 14.7. The van der Waals surface area contributed by atoms with E-state index in [1.165, 1.54) is 28.5 Å². The summed E-state index contributed by atoms with van der Waals surface area (Å²) in [7, 11) is 0. The van der Waals surface area contributed by atoms with Crippen LogP contribution in [-0.4, -0.2) is 11.5 Å². The second-order valence-corrected chi connectivity index (χ2v) is 7.26. The Kier molecular flexibility index (Phi) is 4.07. The van der Waals surface area contributed by atoms with Crippen molar-refractivity contribution in [3.8, 4) is 6.07 Å². The van der Waals surface area contributed by atoms with E-state index in [-0.39, 0.29) is 0 Å². The van der Waals surface area contributed by atoms with Crippen LogP contribution in [0.4, 0.5) is 0 Å². The number of nitrogens with zero attached hydrogens (tertiary/aromatic N) is 1. The molecule has 1 saturated carbocycles. The summed E-state index contributed by atoms with van der Waals surface area (Å²) in [6.45, 7) is 5.38. The van der Waals surface area contributed by atoms with Crippen molar-refractivity contribution in [2.75, 3.05) is 6.54 Å². The van der Waals surface area contributed by atoms with E-state index in [0.29, 0.717) is 17.9 Å². The highest BCUT2D eigenvalue weighted by Crippen LogP contribution is 2.49. The number of aromatic amines is 1. The average Bonchev–Trinajstić information content (AvgIpc) is 3.29. The van der Waals surface area contributed by atoms with Crippen LogP contribution < -0.4 is 5.32 Å². The third-order valence-electron chi connectivity index (χ3n) is 5.43. The van der Waals surface area contributed by atoms with Gasteiger partial charge in [-0.1, -0.05) is 29.8 Å². The van der Waals surface area contributed by atoms with Crippen molar-refractivity contribution < 1.29 is 0 Å². The molecular formula is C22H23N3. The number of fused-ring (bicyclic) bond motifs is 1. The van der Waals surface area contributed by atoms with E-state index in [1.54, 1.807) is 0 Å². The molecule has 25 heavy (non-hydrogen) atoms. The Morgan fingerprint density at radius 2 is 2.04 bits per heavy atom. The summed E-state index contributed by atoms with van der Waals surface area (Å²) in [6, 6.07) is 17.3. The van der Waals surface area contributed by atoms with Gasteiger partial charge in [0.25, 0.3) is 0 Å². The smallest absolute Gasteiger partial charge is 0.0991 e. The maximum absolute atomic E-state index is 9.13. The third-order valence-corrected chi connectivity index (χ3v) is 5.43. The zero-order chi connectivity index (χ0) is 17.4. The molecular weight excluding hydrogens is 306 g/mol. The van der Waals surface area contributed by atoms with Crippen molar-refractivity contribution in [3.63, 3.8) is 0 Å². The van der Waals surface area contributed by atoms with E-state index >= 15 is 0 Å². The summed E-state index contributed by atoms with van der Waals surface area (Å²) in [5.41, 5.74) is 5.86. The maximum Gasteiger partial charge on any atom is 0.0991 e. The van der Waals surface area contributed by atoms with Gasteiger partial charge in [0.1, 0.15) is 0 Å². The van der Waals surface area contributed by atoms with Crippen molar-refractivity contribution >= 4 is 10.9 Å². The minimum absolute atomic E-state index is 0.370. The highest BCUT2D eigenvalue weighted by molar-refractivity contribution is 5.85. The third kappa shape index (κ3) is 3.18.